The summed E-state index contributed by atoms with van der Waals surface area (Å²) in [6.07, 6.45) is 7.61. The fraction of sp³-hybridized carbons (Fsp3) is 0.700. The van der Waals surface area contributed by atoms with Crippen LogP contribution in [0.4, 0.5) is 9.59 Å². The Bertz CT molecular complexity index is 781. The van der Waals surface area contributed by atoms with Crippen LogP contribution in [0.25, 0.3) is 0 Å². The summed E-state index contributed by atoms with van der Waals surface area (Å²) in [5.74, 6) is 0.710. The molecule has 0 bridgehead atoms. The van der Waals surface area contributed by atoms with Crippen molar-refractivity contribution in [1.82, 2.24) is 30.8 Å². The van der Waals surface area contributed by atoms with E-state index in [2.05, 4.69) is 26.3 Å². The molecule has 2 aliphatic heterocycles. The Hall–Kier alpha value is -2.35. The molecule has 3 heterocycles. The maximum absolute atomic E-state index is 11.9. The minimum atomic E-state index is -0.647. The molecule has 4 amide bonds. The average Bonchev–Trinajstić information content (AvgIpc) is 3.48. The molecule has 2 aliphatic rings. The van der Waals surface area contributed by atoms with Crippen LogP contribution in [0.2, 0.25) is 0 Å². The Balaban J connectivity index is 1.09. The highest BCUT2D eigenvalue weighted by Crippen LogP contribution is 2.37. The van der Waals surface area contributed by atoms with Gasteiger partial charge in [0.15, 0.2) is 0 Å². The Labute approximate surface area is 197 Å². The molecule has 3 rings (SSSR count). The number of imidazole rings is 1. The number of rotatable bonds is 14. The van der Waals surface area contributed by atoms with Gasteiger partial charge in [0.1, 0.15) is 12.0 Å². The number of aromatic nitrogens is 2. The monoisotopic (exact) mass is 483 g/mol. The average molecular weight is 484 g/mol. The number of unbranched alkanes of at least 4 members (excludes halogenated alkanes) is 1. The fourth-order valence-corrected chi connectivity index (χ4v) is 5.32. The van der Waals surface area contributed by atoms with E-state index in [0.29, 0.717) is 51.7 Å². The lowest BCUT2D eigenvalue weighted by Gasteiger charge is -2.23. The second-order valence-corrected chi connectivity index (χ2v) is 9.22. The number of carbonyl (C=O) groups excluding carboxylic acids is 3. The van der Waals surface area contributed by atoms with Gasteiger partial charge in [-0.2, -0.15) is 11.8 Å². The van der Waals surface area contributed by atoms with Crippen LogP contribution in [0.1, 0.15) is 25.7 Å². The van der Waals surface area contributed by atoms with E-state index in [0.717, 1.165) is 19.3 Å². The van der Waals surface area contributed by atoms with Gasteiger partial charge in [-0.3, -0.25) is 9.36 Å². The lowest BCUT2D eigenvalue weighted by molar-refractivity contribution is -0.121. The zero-order chi connectivity index (χ0) is 23.5. The molecular formula is C20H33N7O5S. The van der Waals surface area contributed by atoms with Crippen LogP contribution in [0.3, 0.4) is 0 Å². The van der Waals surface area contributed by atoms with Gasteiger partial charge in [-0.25, -0.2) is 14.6 Å². The van der Waals surface area contributed by atoms with Crippen LogP contribution in [0, 0.1) is 0 Å². The molecule has 0 aromatic carbocycles. The predicted molar refractivity (Wildman–Crippen MR) is 123 cm³/mol. The first-order valence-corrected chi connectivity index (χ1v) is 12.2. The Morgan fingerprint density at radius 1 is 1.21 bits per heavy atom. The molecular weight excluding hydrogens is 450 g/mol. The molecule has 1 aromatic heterocycles. The highest BCUT2D eigenvalue weighted by atomic mass is 32.2. The zero-order valence-corrected chi connectivity index (χ0v) is 19.4. The van der Waals surface area contributed by atoms with E-state index in [9.17, 15) is 14.4 Å². The molecule has 0 unspecified atom stereocenters. The van der Waals surface area contributed by atoms with Crippen molar-refractivity contribution in [2.24, 2.45) is 5.73 Å². The molecule has 13 heteroatoms. The van der Waals surface area contributed by atoms with E-state index < -0.39 is 5.66 Å². The smallest absolute Gasteiger partial charge is 0.326 e. The van der Waals surface area contributed by atoms with Crippen molar-refractivity contribution in [3.8, 4) is 0 Å². The van der Waals surface area contributed by atoms with Crippen LogP contribution in [-0.2, 0) is 14.3 Å². The molecule has 184 valence electrons. The van der Waals surface area contributed by atoms with Gasteiger partial charge in [-0.05, 0) is 12.8 Å². The van der Waals surface area contributed by atoms with Crippen molar-refractivity contribution in [1.29, 1.82) is 0 Å². The van der Waals surface area contributed by atoms with Crippen molar-refractivity contribution in [3.05, 3.63) is 18.7 Å². The maximum Gasteiger partial charge on any atom is 0.326 e. The van der Waals surface area contributed by atoms with E-state index in [1.54, 1.807) is 18.0 Å². The normalized spacial score (nSPS) is 23.6. The lowest BCUT2D eigenvalue weighted by atomic mass is 9.98. The molecule has 3 atom stereocenters. The summed E-state index contributed by atoms with van der Waals surface area (Å²) < 4.78 is 12.2. The lowest BCUT2D eigenvalue weighted by Crippen LogP contribution is -2.58. The number of nitrogens with one attached hydrogen (secondary N) is 4. The summed E-state index contributed by atoms with van der Waals surface area (Å²) in [7, 11) is 0. The van der Waals surface area contributed by atoms with Gasteiger partial charge in [-0.1, -0.05) is 6.42 Å². The number of hydrogen-bond donors (Lipinski definition) is 5. The molecule has 33 heavy (non-hydrogen) atoms. The third-order valence-electron chi connectivity index (χ3n) is 5.44. The summed E-state index contributed by atoms with van der Waals surface area (Å²) in [6.45, 7) is 2.47. The second kappa shape index (κ2) is 12.8. The number of fused-ring (bicyclic) bond motifs is 1. The third-order valence-corrected chi connectivity index (χ3v) is 7.02. The Kier molecular flexibility index (Phi) is 9.78. The van der Waals surface area contributed by atoms with E-state index in [-0.39, 0.29) is 29.3 Å². The summed E-state index contributed by atoms with van der Waals surface area (Å²) in [6, 6.07) is -0.500. The number of nitrogens with two attached hydrogens (primary N) is 1. The maximum atomic E-state index is 11.9. The number of urea groups is 1. The van der Waals surface area contributed by atoms with E-state index in [1.807, 2.05) is 0 Å². The first-order valence-electron chi connectivity index (χ1n) is 11.2. The first-order chi connectivity index (χ1) is 16.0. The van der Waals surface area contributed by atoms with Crippen LogP contribution in [0.15, 0.2) is 18.7 Å². The summed E-state index contributed by atoms with van der Waals surface area (Å²) in [5, 5.41) is 11.5. The second-order valence-electron chi connectivity index (χ2n) is 7.99. The highest BCUT2D eigenvalue weighted by molar-refractivity contribution is 8.00. The fourth-order valence-electron chi connectivity index (χ4n) is 3.74. The van der Waals surface area contributed by atoms with E-state index in [4.69, 9.17) is 15.2 Å². The van der Waals surface area contributed by atoms with Gasteiger partial charge in [0.2, 0.25) is 5.91 Å². The minimum absolute atomic E-state index is 0.00608. The number of amides is 4. The van der Waals surface area contributed by atoms with E-state index in [1.165, 1.54) is 17.1 Å². The summed E-state index contributed by atoms with van der Waals surface area (Å²) >= 11 is 1.77. The zero-order valence-electron chi connectivity index (χ0n) is 18.6. The molecule has 0 radical (unpaired) electrons. The van der Waals surface area contributed by atoms with E-state index >= 15 is 0 Å². The molecule has 6 N–H and O–H groups in total. The third kappa shape index (κ3) is 7.88. The van der Waals surface area contributed by atoms with Crippen LogP contribution in [-0.4, -0.2) is 89.7 Å². The van der Waals surface area contributed by atoms with Crippen molar-refractivity contribution in [2.75, 3.05) is 45.3 Å². The SMILES string of the molecule is N[C@]12CS[C@@H](CCCCC(=O)NCCOCCOCCNC(=O)n3ccnc3)[C@H]1NC(=O)N2. The molecule has 2 fully saturated rings. The molecule has 0 spiro atoms. The predicted octanol–water partition coefficient (Wildman–Crippen LogP) is -0.398. The molecule has 0 aliphatic carbocycles. The molecule has 1 aromatic rings. The van der Waals surface area contributed by atoms with Gasteiger partial charge in [0.25, 0.3) is 0 Å². The first kappa shape index (κ1) is 25.3. The Morgan fingerprint density at radius 2 is 1.97 bits per heavy atom. The van der Waals surface area contributed by atoms with Crippen molar-refractivity contribution < 1.29 is 23.9 Å². The standard InChI is InChI=1S/C20H33N7O5S/c21-20-13-33-15(17(20)25-18(29)26-20)3-1-2-4-16(28)23-6-9-31-11-12-32-10-7-24-19(30)27-8-5-22-14-27/h5,8,14-15,17H,1-4,6-7,9-13,21H2,(H,23,28)(H,24,30)(H2,25,26,29)/t15-,17+,20-/m0/s1. The summed E-state index contributed by atoms with van der Waals surface area (Å²) in [4.78, 5) is 38.9. The number of carbonyl (C=O) groups is 3. The number of thioether (sulfide) groups is 1. The highest BCUT2D eigenvalue weighted by Gasteiger charge is 2.52. The van der Waals surface area contributed by atoms with Crippen LogP contribution >= 0.6 is 11.8 Å². The quantitative estimate of drug-likeness (QED) is 0.176. The molecule has 12 nitrogen and oxygen atoms in total. The molecule has 0 saturated carbocycles. The van der Waals surface area contributed by atoms with Gasteiger partial charge < -0.3 is 36.5 Å². The molecule has 2 saturated heterocycles. The number of ether oxygens (including phenoxy) is 2. The summed E-state index contributed by atoms with van der Waals surface area (Å²) in [5.41, 5.74) is 5.58. The topological polar surface area (TPSA) is 162 Å². The van der Waals surface area contributed by atoms with Gasteiger partial charge >= 0.3 is 12.1 Å². The minimum Gasteiger partial charge on any atom is -0.377 e. The van der Waals surface area contributed by atoms with Gasteiger partial charge in [0, 0.05) is 42.9 Å². The van der Waals surface area contributed by atoms with Crippen molar-refractivity contribution >= 4 is 29.7 Å². The number of hydrogen-bond acceptors (Lipinski definition) is 8. The number of nitrogens with zero attached hydrogens (tertiary/aromatic N) is 2. The Morgan fingerprint density at radius 3 is 2.70 bits per heavy atom. The van der Waals surface area contributed by atoms with Crippen molar-refractivity contribution in [3.63, 3.8) is 0 Å². The van der Waals surface area contributed by atoms with Gasteiger partial charge in [-0.15, -0.1) is 0 Å². The van der Waals surface area contributed by atoms with Crippen LogP contribution < -0.4 is 27.0 Å². The van der Waals surface area contributed by atoms with Crippen LogP contribution in [0.5, 0.6) is 0 Å². The largest absolute Gasteiger partial charge is 0.377 e. The van der Waals surface area contributed by atoms with Gasteiger partial charge in [0.05, 0.1) is 32.5 Å². The van der Waals surface area contributed by atoms with Crippen molar-refractivity contribution in [2.45, 2.75) is 42.6 Å².